The summed E-state index contributed by atoms with van der Waals surface area (Å²) in [4.78, 5) is 12.9. The largest absolute Gasteiger partial charge is 0.468 e. The topological polar surface area (TPSA) is 92.1 Å². The van der Waals surface area contributed by atoms with E-state index >= 15 is 0 Å². The number of amides is 1. The maximum absolute atomic E-state index is 12.9. The molecule has 0 unspecified atom stereocenters. The molecule has 3 aromatic carbocycles. The molecule has 0 aliphatic rings. The number of hydrogen-bond acceptors (Lipinski definition) is 4. The molecule has 0 radical (unpaired) electrons. The minimum atomic E-state index is -0.187. The normalized spacial score (nSPS) is 10.8. The lowest BCUT2D eigenvalue weighted by molar-refractivity contribution is 0.102. The van der Waals surface area contributed by atoms with Crippen molar-refractivity contribution in [2.75, 3.05) is 11.6 Å². The number of para-hydroxylation sites is 1. The van der Waals surface area contributed by atoms with Crippen molar-refractivity contribution in [3.05, 3.63) is 89.9 Å². The van der Waals surface area contributed by atoms with Gasteiger partial charge in [-0.3, -0.25) is 10.2 Å². The van der Waals surface area contributed by atoms with Gasteiger partial charge in [-0.1, -0.05) is 30.3 Å². The maximum Gasteiger partial charge on any atom is 0.255 e. The SMILES string of the molecule is CSCc1cc(-c2cc(C(=O)Nc3ccccc3)cc3ccc(C(=N)N)cc23)co1. The third-order valence-corrected chi connectivity index (χ3v) is 5.38. The molecule has 0 aliphatic carbocycles. The smallest absolute Gasteiger partial charge is 0.255 e. The van der Waals surface area contributed by atoms with Crippen molar-refractivity contribution >= 4 is 40.0 Å². The maximum atomic E-state index is 12.9. The second kappa shape index (κ2) is 8.47. The minimum absolute atomic E-state index is 0.00372. The van der Waals surface area contributed by atoms with E-state index in [0.29, 0.717) is 11.1 Å². The first kappa shape index (κ1) is 19.8. The molecule has 150 valence electrons. The zero-order valence-corrected chi connectivity index (χ0v) is 17.3. The van der Waals surface area contributed by atoms with Crippen molar-refractivity contribution in [3.63, 3.8) is 0 Å². The molecule has 0 spiro atoms. The number of fused-ring (bicyclic) bond motifs is 1. The molecular formula is C24H21N3O2S. The van der Waals surface area contributed by atoms with Crippen LogP contribution in [0.3, 0.4) is 0 Å². The highest BCUT2D eigenvalue weighted by Crippen LogP contribution is 2.33. The van der Waals surface area contributed by atoms with Gasteiger partial charge in [0.05, 0.1) is 12.0 Å². The molecule has 0 fully saturated rings. The van der Waals surface area contributed by atoms with Crippen LogP contribution in [0.1, 0.15) is 21.7 Å². The summed E-state index contributed by atoms with van der Waals surface area (Å²) >= 11 is 1.68. The van der Waals surface area contributed by atoms with Gasteiger partial charge in [0.25, 0.3) is 5.91 Å². The van der Waals surface area contributed by atoms with E-state index < -0.39 is 0 Å². The number of rotatable bonds is 6. The Hall–Kier alpha value is -3.51. The first-order chi connectivity index (χ1) is 14.5. The van der Waals surface area contributed by atoms with Gasteiger partial charge < -0.3 is 15.5 Å². The first-order valence-corrected chi connectivity index (χ1v) is 10.8. The molecule has 4 rings (SSSR count). The monoisotopic (exact) mass is 415 g/mol. The summed E-state index contributed by atoms with van der Waals surface area (Å²) in [5, 5.41) is 12.5. The number of benzene rings is 3. The van der Waals surface area contributed by atoms with E-state index in [1.165, 1.54) is 0 Å². The zero-order chi connectivity index (χ0) is 21.1. The number of carbonyl (C=O) groups is 1. The fourth-order valence-corrected chi connectivity index (χ4v) is 3.80. The number of nitrogen functional groups attached to an aromatic ring is 1. The molecule has 0 atom stereocenters. The molecule has 1 heterocycles. The van der Waals surface area contributed by atoms with Crippen molar-refractivity contribution in [2.45, 2.75) is 5.75 Å². The number of nitrogens with two attached hydrogens (primary N) is 1. The summed E-state index contributed by atoms with van der Waals surface area (Å²) in [5.74, 6) is 1.45. The number of furan rings is 1. The molecule has 0 bridgehead atoms. The Labute approximate surface area is 178 Å². The van der Waals surface area contributed by atoms with E-state index in [4.69, 9.17) is 15.6 Å². The van der Waals surface area contributed by atoms with Gasteiger partial charge in [-0.05, 0) is 59.0 Å². The standard InChI is InChI=1S/C24H21N3O2S/c1-30-14-20-10-18(13-29-20)22-12-17(24(28)27-19-5-3-2-4-6-19)9-15-7-8-16(23(25)26)11-21(15)22/h2-13H,14H2,1H3,(H3,25,26)(H,27,28). The highest BCUT2D eigenvalue weighted by molar-refractivity contribution is 7.97. The Morgan fingerprint density at radius 2 is 1.87 bits per heavy atom. The van der Waals surface area contributed by atoms with Crippen molar-refractivity contribution in [2.24, 2.45) is 5.73 Å². The quantitative estimate of drug-likeness (QED) is 0.286. The van der Waals surface area contributed by atoms with Crippen LogP contribution in [0.25, 0.3) is 21.9 Å². The van der Waals surface area contributed by atoms with E-state index in [1.807, 2.05) is 66.9 Å². The van der Waals surface area contributed by atoms with Crippen molar-refractivity contribution in [3.8, 4) is 11.1 Å². The van der Waals surface area contributed by atoms with Crippen LogP contribution in [0.15, 0.2) is 77.4 Å². The van der Waals surface area contributed by atoms with Gasteiger partial charge in [0.2, 0.25) is 0 Å². The third kappa shape index (κ3) is 4.09. The van der Waals surface area contributed by atoms with Gasteiger partial charge in [0.15, 0.2) is 0 Å². The minimum Gasteiger partial charge on any atom is -0.468 e. The van der Waals surface area contributed by atoms with Crippen LogP contribution in [0, 0.1) is 5.41 Å². The molecule has 4 N–H and O–H groups in total. The van der Waals surface area contributed by atoms with Crippen molar-refractivity contribution < 1.29 is 9.21 Å². The average Bonchev–Trinajstić information content (AvgIpc) is 3.22. The summed E-state index contributed by atoms with van der Waals surface area (Å²) in [7, 11) is 0. The Bertz CT molecular complexity index is 1230. The Balaban J connectivity index is 1.83. The molecule has 4 aromatic rings. The molecule has 0 aliphatic heterocycles. The molecule has 1 amide bonds. The fourth-order valence-electron chi connectivity index (χ4n) is 3.36. The number of hydrogen-bond donors (Lipinski definition) is 3. The fraction of sp³-hybridized carbons (Fsp3) is 0.0833. The van der Waals surface area contributed by atoms with Crippen LogP contribution in [-0.2, 0) is 5.75 Å². The first-order valence-electron chi connectivity index (χ1n) is 9.40. The Morgan fingerprint density at radius 3 is 2.60 bits per heavy atom. The number of nitrogens with one attached hydrogen (secondary N) is 2. The summed E-state index contributed by atoms with van der Waals surface area (Å²) in [6, 6.07) is 20.6. The highest BCUT2D eigenvalue weighted by atomic mass is 32.2. The molecular weight excluding hydrogens is 394 g/mol. The molecule has 0 saturated carbocycles. The molecule has 0 saturated heterocycles. The van der Waals surface area contributed by atoms with Crippen LogP contribution in [0.2, 0.25) is 0 Å². The van der Waals surface area contributed by atoms with Crippen LogP contribution < -0.4 is 11.1 Å². The van der Waals surface area contributed by atoms with Gasteiger partial charge in [0.1, 0.15) is 11.6 Å². The summed E-state index contributed by atoms with van der Waals surface area (Å²) < 4.78 is 5.69. The number of carbonyl (C=O) groups excluding carboxylic acids is 1. The predicted molar refractivity (Wildman–Crippen MR) is 124 cm³/mol. The summed E-state index contributed by atoms with van der Waals surface area (Å²) in [6.45, 7) is 0. The highest BCUT2D eigenvalue weighted by Gasteiger charge is 2.15. The van der Waals surface area contributed by atoms with E-state index in [2.05, 4.69) is 5.32 Å². The number of amidine groups is 1. The summed E-state index contributed by atoms with van der Waals surface area (Å²) in [6.07, 6.45) is 3.73. The van der Waals surface area contributed by atoms with Gasteiger partial charge in [0, 0.05) is 22.4 Å². The number of anilines is 1. The van der Waals surface area contributed by atoms with Gasteiger partial charge >= 0.3 is 0 Å². The molecule has 30 heavy (non-hydrogen) atoms. The lowest BCUT2D eigenvalue weighted by atomic mass is 9.95. The lowest BCUT2D eigenvalue weighted by Crippen LogP contribution is -2.12. The molecule has 5 nitrogen and oxygen atoms in total. The van der Waals surface area contributed by atoms with Crippen molar-refractivity contribution in [1.82, 2.24) is 0 Å². The van der Waals surface area contributed by atoms with Crippen LogP contribution in [-0.4, -0.2) is 18.0 Å². The Morgan fingerprint density at radius 1 is 1.07 bits per heavy atom. The average molecular weight is 416 g/mol. The molecule has 6 heteroatoms. The van der Waals surface area contributed by atoms with E-state index in [1.54, 1.807) is 24.1 Å². The lowest BCUT2D eigenvalue weighted by Gasteiger charge is -2.11. The Kier molecular flexibility index (Phi) is 5.59. The van der Waals surface area contributed by atoms with E-state index in [9.17, 15) is 4.79 Å². The van der Waals surface area contributed by atoms with Gasteiger partial charge in [-0.2, -0.15) is 11.8 Å². The van der Waals surface area contributed by atoms with E-state index in [-0.39, 0.29) is 11.7 Å². The molecule has 1 aromatic heterocycles. The van der Waals surface area contributed by atoms with Gasteiger partial charge in [-0.15, -0.1) is 0 Å². The van der Waals surface area contributed by atoms with E-state index in [0.717, 1.165) is 39.1 Å². The predicted octanol–water partition coefficient (Wildman–Crippen LogP) is 5.50. The zero-order valence-electron chi connectivity index (χ0n) is 16.4. The van der Waals surface area contributed by atoms with Crippen molar-refractivity contribution in [1.29, 1.82) is 5.41 Å². The van der Waals surface area contributed by atoms with Gasteiger partial charge in [-0.25, -0.2) is 0 Å². The third-order valence-electron chi connectivity index (χ3n) is 4.81. The van der Waals surface area contributed by atoms with Crippen LogP contribution >= 0.6 is 11.8 Å². The van der Waals surface area contributed by atoms with Crippen LogP contribution in [0.5, 0.6) is 0 Å². The van der Waals surface area contributed by atoms with Crippen LogP contribution in [0.4, 0.5) is 5.69 Å². The second-order valence-corrected chi connectivity index (χ2v) is 7.79. The second-order valence-electron chi connectivity index (χ2n) is 6.93. The summed E-state index contributed by atoms with van der Waals surface area (Å²) in [5.41, 5.74) is 9.37. The number of thioether (sulfide) groups is 1.